The average molecular weight is 345 g/mol. The number of nitrogens with two attached hydrogens (primary N) is 1. The number of fused-ring (bicyclic) bond motifs is 1. The highest BCUT2D eigenvalue weighted by atomic mass is 19.1. The van der Waals surface area contributed by atoms with Gasteiger partial charge in [0.05, 0.1) is 17.2 Å². The van der Waals surface area contributed by atoms with Gasteiger partial charge in [-0.25, -0.2) is 18.2 Å². The lowest BCUT2D eigenvalue weighted by Crippen LogP contribution is -2.30. The molecule has 0 amide bonds. The van der Waals surface area contributed by atoms with Gasteiger partial charge in [0.1, 0.15) is 28.7 Å². The predicted octanol–water partition coefficient (Wildman–Crippen LogP) is 3.21. The first kappa shape index (κ1) is 15.8. The van der Waals surface area contributed by atoms with Gasteiger partial charge in [-0.1, -0.05) is 6.07 Å². The van der Waals surface area contributed by atoms with E-state index < -0.39 is 29.1 Å². The third-order valence-corrected chi connectivity index (χ3v) is 4.41. The van der Waals surface area contributed by atoms with Crippen LogP contribution in [0, 0.1) is 23.4 Å². The van der Waals surface area contributed by atoms with Crippen LogP contribution in [0.2, 0.25) is 0 Å². The van der Waals surface area contributed by atoms with Gasteiger partial charge < -0.3 is 5.73 Å². The first-order valence-electron chi connectivity index (χ1n) is 7.89. The van der Waals surface area contributed by atoms with Crippen molar-refractivity contribution in [1.29, 1.82) is 0 Å². The molecule has 1 aromatic heterocycles. The molecule has 1 fully saturated rings. The van der Waals surface area contributed by atoms with Crippen molar-refractivity contribution in [2.45, 2.75) is 18.9 Å². The van der Waals surface area contributed by atoms with Crippen molar-refractivity contribution in [1.82, 2.24) is 9.55 Å². The maximum atomic E-state index is 14.2. The highest BCUT2D eigenvalue weighted by Gasteiger charge is 2.33. The summed E-state index contributed by atoms with van der Waals surface area (Å²) in [6, 6.07) is 6.23. The minimum Gasteiger partial charge on any atom is -0.321 e. The predicted molar refractivity (Wildman–Crippen MR) is 86.9 cm³/mol. The van der Waals surface area contributed by atoms with Gasteiger partial charge in [-0.2, -0.15) is 0 Å². The molecule has 0 aliphatic heterocycles. The number of benzene rings is 2. The van der Waals surface area contributed by atoms with Crippen molar-refractivity contribution in [3.63, 3.8) is 0 Å². The third-order valence-electron chi connectivity index (χ3n) is 4.41. The van der Waals surface area contributed by atoms with Crippen LogP contribution < -0.4 is 11.3 Å². The van der Waals surface area contributed by atoms with E-state index in [1.165, 1.54) is 12.1 Å². The maximum Gasteiger partial charge on any atom is 0.269 e. The van der Waals surface area contributed by atoms with Gasteiger partial charge in [-0.05, 0) is 43.0 Å². The number of rotatable bonds is 3. The van der Waals surface area contributed by atoms with E-state index in [9.17, 15) is 18.0 Å². The number of nitrogens with zero attached hydrogens (tertiary/aromatic N) is 2. The van der Waals surface area contributed by atoms with Crippen molar-refractivity contribution >= 4 is 10.9 Å². The molecular weight excluding hydrogens is 331 g/mol. The number of hydrogen-bond acceptors (Lipinski definition) is 3. The summed E-state index contributed by atoms with van der Waals surface area (Å²) in [5, 5.41) is -0.237. The molecule has 1 aliphatic rings. The van der Waals surface area contributed by atoms with Crippen molar-refractivity contribution in [3.05, 3.63) is 70.0 Å². The van der Waals surface area contributed by atoms with Crippen LogP contribution in [0.25, 0.3) is 16.6 Å². The zero-order valence-electron chi connectivity index (χ0n) is 13.0. The second kappa shape index (κ2) is 5.70. The molecule has 2 N–H and O–H groups in total. The normalized spacial score (nSPS) is 15.5. The van der Waals surface area contributed by atoms with Gasteiger partial charge in [0.25, 0.3) is 5.56 Å². The Balaban J connectivity index is 2.09. The Labute approximate surface area is 140 Å². The molecule has 0 spiro atoms. The summed E-state index contributed by atoms with van der Waals surface area (Å²) in [7, 11) is 0. The highest BCUT2D eigenvalue weighted by molar-refractivity contribution is 5.78. The lowest BCUT2D eigenvalue weighted by Gasteiger charge is -2.18. The Kier molecular flexibility index (Phi) is 3.61. The van der Waals surface area contributed by atoms with Crippen LogP contribution >= 0.6 is 0 Å². The molecule has 4 rings (SSSR count). The van der Waals surface area contributed by atoms with Crippen molar-refractivity contribution in [2.75, 3.05) is 0 Å². The number of aromatic nitrogens is 2. The summed E-state index contributed by atoms with van der Waals surface area (Å²) in [5.74, 6) is -2.12. The number of halogens is 3. The van der Waals surface area contributed by atoms with E-state index in [0.29, 0.717) is 6.07 Å². The van der Waals surface area contributed by atoms with E-state index in [1.54, 1.807) is 0 Å². The topological polar surface area (TPSA) is 60.9 Å². The van der Waals surface area contributed by atoms with Crippen molar-refractivity contribution in [2.24, 2.45) is 11.7 Å². The molecule has 1 unspecified atom stereocenters. The minimum atomic E-state index is -0.846. The second-order valence-corrected chi connectivity index (χ2v) is 6.24. The quantitative estimate of drug-likeness (QED) is 0.793. The van der Waals surface area contributed by atoms with E-state index in [4.69, 9.17) is 5.73 Å². The van der Waals surface area contributed by atoms with Crippen LogP contribution in [0.15, 0.2) is 41.2 Å². The molecule has 0 bridgehead atoms. The Bertz CT molecular complexity index is 1020. The van der Waals surface area contributed by atoms with E-state index in [-0.39, 0.29) is 28.3 Å². The molecule has 4 nitrogen and oxygen atoms in total. The van der Waals surface area contributed by atoms with Gasteiger partial charge in [0.15, 0.2) is 0 Å². The largest absolute Gasteiger partial charge is 0.321 e. The Morgan fingerprint density at radius 3 is 2.44 bits per heavy atom. The molecule has 0 saturated heterocycles. The molecule has 0 radical (unpaired) electrons. The van der Waals surface area contributed by atoms with Gasteiger partial charge in [0, 0.05) is 6.07 Å². The Hall–Kier alpha value is -2.67. The van der Waals surface area contributed by atoms with Gasteiger partial charge in [0.2, 0.25) is 0 Å². The van der Waals surface area contributed by atoms with Crippen molar-refractivity contribution < 1.29 is 13.2 Å². The molecule has 1 heterocycles. The molecule has 1 atom stereocenters. The summed E-state index contributed by atoms with van der Waals surface area (Å²) in [6.45, 7) is 0. The first-order chi connectivity index (χ1) is 12.0. The molecular formula is C18H14F3N3O. The monoisotopic (exact) mass is 345 g/mol. The fourth-order valence-corrected chi connectivity index (χ4v) is 3.01. The van der Waals surface area contributed by atoms with Crippen LogP contribution in [0.5, 0.6) is 0 Å². The molecule has 25 heavy (non-hydrogen) atoms. The highest BCUT2D eigenvalue weighted by Crippen LogP contribution is 2.39. The van der Waals surface area contributed by atoms with Gasteiger partial charge in [-0.3, -0.25) is 9.36 Å². The number of hydrogen-bond donors (Lipinski definition) is 1. The van der Waals surface area contributed by atoms with Gasteiger partial charge >= 0.3 is 0 Å². The van der Waals surface area contributed by atoms with Crippen molar-refractivity contribution in [3.8, 4) is 5.69 Å². The molecule has 3 aromatic rings. The zero-order valence-corrected chi connectivity index (χ0v) is 13.0. The molecule has 1 saturated carbocycles. The molecule has 2 aromatic carbocycles. The Morgan fingerprint density at radius 1 is 1.12 bits per heavy atom. The Morgan fingerprint density at radius 2 is 1.80 bits per heavy atom. The van der Waals surface area contributed by atoms with Crippen LogP contribution in [-0.4, -0.2) is 9.55 Å². The molecule has 1 aliphatic carbocycles. The maximum absolute atomic E-state index is 14.2. The SMILES string of the molecule is NC(c1nc2cccc(F)c2c(=O)n1-c1cc(F)cc(F)c1)C1CC1. The first-order valence-corrected chi connectivity index (χ1v) is 7.89. The van der Waals surface area contributed by atoms with E-state index in [0.717, 1.165) is 35.6 Å². The second-order valence-electron chi connectivity index (χ2n) is 6.24. The summed E-state index contributed by atoms with van der Waals surface area (Å²) < 4.78 is 42.5. The fourth-order valence-electron chi connectivity index (χ4n) is 3.01. The van der Waals surface area contributed by atoms with E-state index in [2.05, 4.69) is 4.98 Å². The summed E-state index contributed by atoms with van der Waals surface area (Å²) in [4.78, 5) is 17.3. The zero-order chi connectivity index (χ0) is 17.7. The fraction of sp³-hybridized carbons (Fsp3) is 0.222. The third kappa shape index (κ3) is 2.70. The van der Waals surface area contributed by atoms with Crippen LogP contribution in [0.4, 0.5) is 13.2 Å². The van der Waals surface area contributed by atoms with E-state index in [1.807, 2.05) is 0 Å². The smallest absolute Gasteiger partial charge is 0.269 e. The lowest BCUT2D eigenvalue weighted by atomic mass is 10.1. The van der Waals surface area contributed by atoms with Crippen LogP contribution in [0.1, 0.15) is 24.7 Å². The molecule has 7 heteroatoms. The summed E-state index contributed by atoms with van der Waals surface area (Å²) in [6.07, 6.45) is 1.77. The summed E-state index contributed by atoms with van der Waals surface area (Å²) >= 11 is 0. The van der Waals surface area contributed by atoms with Crippen LogP contribution in [-0.2, 0) is 0 Å². The standard InChI is InChI=1S/C18H14F3N3O/c19-10-6-11(20)8-12(7-10)24-17(16(22)9-4-5-9)23-14-3-1-2-13(21)15(14)18(24)25/h1-3,6-9,16H,4-5,22H2. The minimum absolute atomic E-state index is 0.0637. The average Bonchev–Trinajstić information content (AvgIpc) is 3.37. The molecule has 128 valence electrons. The lowest BCUT2D eigenvalue weighted by molar-refractivity contribution is 0.562. The van der Waals surface area contributed by atoms with Crippen LogP contribution in [0.3, 0.4) is 0 Å². The van der Waals surface area contributed by atoms with Gasteiger partial charge in [-0.15, -0.1) is 0 Å². The van der Waals surface area contributed by atoms with E-state index >= 15 is 0 Å². The summed E-state index contributed by atoms with van der Waals surface area (Å²) in [5.41, 5.74) is 5.58.